The summed E-state index contributed by atoms with van der Waals surface area (Å²) >= 11 is 0. The minimum absolute atomic E-state index is 0.214. The topological polar surface area (TPSA) is 49.7 Å². The van der Waals surface area contributed by atoms with Crippen LogP contribution in [0.2, 0.25) is 16.6 Å². The zero-order valence-corrected chi connectivity index (χ0v) is 15.4. The molecule has 0 saturated heterocycles. The number of hydrogen-bond acceptors (Lipinski definition) is 3. The fourth-order valence-corrected chi connectivity index (χ4v) is 9.06. The van der Waals surface area contributed by atoms with E-state index in [4.69, 9.17) is 4.43 Å². The van der Waals surface area contributed by atoms with Crippen molar-refractivity contribution < 1.29 is 18.9 Å². The van der Waals surface area contributed by atoms with Gasteiger partial charge in [0.25, 0.3) is 0 Å². The molecule has 0 unspecified atom stereocenters. The van der Waals surface area contributed by atoms with Gasteiger partial charge in [0.2, 0.25) is 8.32 Å². The Morgan fingerprint density at radius 3 is 1.95 bits per heavy atom. The highest BCUT2D eigenvalue weighted by Gasteiger charge is 2.45. The first kappa shape index (κ1) is 19.4. The van der Waals surface area contributed by atoms with Crippen molar-refractivity contribution >= 4 is 20.9 Å². The van der Waals surface area contributed by atoms with E-state index in [2.05, 4.69) is 41.5 Å². The van der Waals surface area contributed by atoms with Gasteiger partial charge >= 0.3 is 7.12 Å². The molecule has 1 aromatic carbocycles. The van der Waals surface area contributed by atoms with Gasteiger partial charge in [0.15, 0.2) is 0 Å². The lowest BCUT2D eigenvalue weighted by Crippen LogP contribution is -2.48. The molecule has 0 amide bonds. The van der Waals surface area contributed by atoms with Crippen molar-refractivity contribution in [3.8, 4) is 0 Å². The van der Waals surface area contributed by atoms with Gasteiger partial charge in [-0.15, -0.1) is 0 Å². The van der Waals surface area contributed by atoms with E-state index in [-0.39, 0.29) is 6.61 Å². The second kappa shape index (κ2) is 7.73. The predicted molar refractivity (Wildman–Crippen MR) is 92.1 cm³/mol. The first-order valence-electron chi connectivity index (χ1n) is 7.91. The maximum absolute atomic E-state index is 13.5. The van der Waals surface area contributed by atoms with Crippen molar-refractivity contribution in [2.45, 2.75) is 64.8 Å². The van der Waals surface area contributed by atoms with Gasteiger partial charge in [-0.25, -0.2) is 4.39 Å². The van der Waals surface area contributed by atoms with Gasteiger partial charge in [-0.2, -0.15) is 0 Å². The second-order valence-electron chi connectivity index (χ2n) is 6.82. The van der Waals surface area contributed by atoms with Gasteiger partial charge in [-0.05, 0) is 39.8 Å². The maximum Gasteiger partial charge on any atom is 0.488 e. The van der Waals surface area contributed by atoms with Gasteiger partial charge < -0.3 is 14.5 Å². The van der Waals surface area contributed by atoms with Gasteiger partial charge in [-0.1, -0.05) is 47.6 Å². The molecule has 0 fully saturated rings. The van der Waals surface area contributed by atoms with E-state index in [1.54, 1.807) is 0 Å². The van der Waals surface area contributed by atoms with Crippen molar-refractivity contribution in [1.29, 1.82) is 0 Å². The Kier molecular flexibility index (Phi) is 6.80. The average molecular weight is 326 g/mol. The molecule has 0 bridgehead atoms. The van der Waals surface area contributed by atoms with Crippen molar-refractivity contribution in [3.05, 3.63) is 29.6 Å². The molecular formula is C16H28BFO3Si. The number of benzene rings is 1. The highest BCUT2D eigenvalue weighted by Crippen LogP contribution is 2.42. The van der Waals surface area contributed by atoms with Crippen LogP contribution < -0.4 is 5.46 Å². The molecule has 0 radical (unpaired) electrons. The maximum atomic E-state index is 13.5. The van der Waals surface area contributed by atoms with Gasteiger partial charge in [-0.3, -0.25) is 0 Å². The Balaban J connectivity index is 3.11. The Hall–Kier alpha value is -0.688. The molecule has 0 aliphatic carbocycles. The summed E-state index contributed by atoms with van der Waals surface area (Å²) in [5, 5.41) is 18.9. The Labute approximate surface area is 134 Å². The Morgan fingerprint density at radius 2 is 1.55 bits per heavy atom. The lowest BCUT2D eigenvalue weighted by atomic mass is 9.77. The van der Waals surface area contributed by atoms with Crippen LogP contribution in [0.5, 0.6) is 0 Å². The monoisotopic (exact) mass is 326 g/mol. The molecule has 0 aliphatic heterocycles. The van der Waals surface area contributed by atoms with Crippen molar-refractivity contribution in [2.24, 2.45) is 0 Å². The van der Waals surface area contributed by atoms with E-state index in [1.165, 1.54) is 18.2 Å². The summed E-state index contributed by atoms with van der Waals surface area (Å²) in [6.45, 7) is 13.3. The normalized spacial score (nSPS) is 12.5. The van der Waals surface area contributed by atoms with E-state index in [9.17, 15) is 14.4 Å². The van der Waals surface area contributed by atoms with Crippen molar-refractivity contribution in [3.63, 3.8) is 0 Å². The molecule has 3 nitrogen and oxygen atoms in total. The minimum Gasteiger partial charge on any atom is -0.423 e. The van der Waals surface area contributed by atoms with Crippen LogP contribution in [0.4, 0.5) is 4.39 Å². The van der Waals surface area contributed by atoms with Gasteiger partial charge in [0.05, 0.1) is 6.61 Å². The molecule has 1 aromatic rings. The second-order valence-corrected chi connectivity index (χ2v) is 12.3. The standard InChI is InChI=1S/C16H28BFO3Si/c1-11(2)22(12(3)4,13(5)6)21-10-14-9-15(18)7-8-16(14)17(19)20/h7-9,11-13,19-20H,10H2,1-6H3. The minimum atomic E-state index is -2.07. The number of halogens is 1. The highest BCUT2D eigenvalue weighted by molar-refractivity contribution is 6.77. The highest BCUT2D eigenvalue weighted by atomic mass is 28.4. The van der Waals surface area contributed by atoms with E-state index >= 15 is 0 Å². The Bertz CT molecular complexity index is 471. The van der Waals surface area contributed by atoms with E-state index < -0.39 is 21.3 Å². The molecule has 124 valence electrons. The zero-order chi connectivity index (χ0) is 17.1. The molecular weight excluding hydrogens is 298 g/mol. The third kappa shape index (κ3) is 3.98. The quantitative estimate of drug-likeness (QED) is 0.757. The summed E-state index contributed by atoms with van der Waals surface area (Å²) < 4.78 is 19.9. The fourth-order valence-electron chi connectivity index (χ4n) is 3.65. The molecule has 1 rings (SSSR count). The van der Waals surface area contributed by atoms with Crippen LogP contribution in [-0.2, 0) is 11.0 Å². The summed E-state index contributed by atoms with van der Waals surface area (Å²) in [5.74, 6) is -0.395. The first-order valence-corrected chi connectivity index (χ1v) is 10.0. The molecule has 6 heteroatoms. The molecule has 22 heavy (non-hydrogen) atoms. The van der Waals surface area contributed by atoms with Crippen LogP contribution in [0.25, 0.3) is 0 Å². The Morgan fingerprint density at radius 1 is 1.05 bits per heavy atom. The average Bonchev–Trinajstić information content (AvgIpc) is 2.37. The zero-order valence-electron chi connectivity index (χ0n) is 14.4. The van der Waals surface area contributed by atoms with E-state index in [1.807, 2.05) is 0 Å². The van der Waals surface area contributed by atoms with Crippen LogP contribution in [0.1, 0.15) is 47.1 Å². The van der Waals surface area contributed by atoms with Crippen LogP contribution in [0, 0.1) is 5.82 Å². The van der Waals surface area contributed by atoms with Crippen LogP contribution in [0.15, 0.2) is 18.2 Å². The third-order valence-electron chi connectivity index (χ3n) is 4.57. The number of hydrogen-bond donors (Lipinski definition) is 2. The molecule has 0 aliphatic rings. The van der Waals surface area contributed by atoms with E-state index in [0.717, 1.165) is 0 Å². The van der Waals surface area contributed by atoms with Crippen molar-refractivity contribution in [2.75, 3.05) is 0 Å². The largest absolute Gasteiger partial charge is 0.488 e. The fraction of sp³-hybridized carbons (Fsp3) is 0.625. The summed E-state index contributed by atoms with van der Waals surface area (Å²) in [7, 11) is -3.69. The van der Waals surface area contributed by atoms with Crippen LogP contribution >= 0.6 is 0 Å². The summed E-state index contributed by atoms with van der Waals surface area (Å²) in [5.41, 5.74) is 2.07. The van der Waals surface area contributed by atoms with Crippen LogP contribution in [-0.4, -0.2) is 25.5 Å². The van der Waals surface area contributed by atoms with E-state index in [0.29, 0.717) is 27.6 Å². The molecule has 0 saturated carbocycles. The lowest BCUT2D eigenvalue weighted by molar-refractivity contribution is 0.265. The van der Waals surface area contributed by atoms with Crippen molar-refractivity contribution in [1.82, 2.24) is 0 Å². The molecule has 2 N–H and O–H groups in total. The summed E-state index contributed by atoms with van der Waals surface area (Å²) in [4.78, 5) is 0. The molecule has 0 heterocycles. The smallest absolute Gasteiger partial charge is 0.423 e. The molecule has 0 aromatic heterocycles. The van der Waals surface area contributed by atoms with Gasteiger partial charge in [0, 0.05) is 0 Å². The third-order valence-corrected chi connectivity index (χ3v) is 10.6. The summed E-state index contributed by atoms with van der Waals surface area (Å²) in [6, 6.07) is 3.97. The SMILES string of the molecule is CC(C)[Si](OCc1cc(F)ccc1B(O)O)(C(C)C)C(C)C. The molecule has 0 atom stereocenters. The van der Waals surface area contributed by atoms with Crippen LogP contribution in [0.3, 0.4) is 0 Å². The predicted octanol–water partition coefficient (Wildman–Crippen LogP) is 3.20. The first-order chi connectivity index (χ1) is 10.1. The lowest BCUT2D eigenvalue weighted by Gasteiger charge is -2.42. The number of rotatable bonds is 7. The summed E-state index contributed by atoms with van der Waals surface area (Å²) in [6.07, 6.45) is 0. The molecule has 0 spiro atoms. The van der Waals surface area contributed by atoms with Gasteiger partial charge in [0.1, 0.15) is 5.82 Å².